The Hall–Kier alpha value is -2.42. The van der Waals surface area contributed by atoms with Crippen molar-refractivity contribution in [3.8, 4) is 0 Å². The predicted molar refractivity (Wildman–Crippen MR) is 83.1 cm³/mol. The van der Waals surface area contributed by atoms with Crippen molar-refractivity contribution in [1.82, 2.24) is 5.32 Å². The molecule has 0 aromatic heterocycles. The van der Waals surface area contributed by atoms with Crippen LogP contribution in [0.15, 0.2) is 60.7 Å². The Morgan fingerprint density at radius 1 is 1.14 bits per heavy atom. The Labute approximate surface area is 124 Å². The van der Waals surface area contributed by atoms with Crippen LogP contribution in [-0.2, 0) is 4.79 Å². The lowest BCUT2D eigenvalue weighted by molar-refractivity contribution is -0.117. The summed E-state index contributed by atoms with van der Waals surface area (Å²) in [5.74, 6) is -0.443. The number of carbonyl (C=O) groups is 1. The van der Waals surface area contributed by atoms with Gasteiger partial charge in [-0.1, -0.05) is 49.4 Å². The number of benzene rings is 2. The summed E-state index contributed by atoms with van der Waals surface area (Å²) < 4.78 is 12.8. The highest BCUT2D eigenvalue weighted by Gasteiger charge is 2.10. The molecule has 0 spiro atoms. The molecule has 0 aliphatic carbocycles. The Balaban J connectivity index is 1.98. The fraction of sp³-hybridized carbons (Fsp3) is 0.167. The Morgan fingerprint density at radius 2 is 1.81 bits per heavy atom. The zero-order valence-electron chi connectivity index (χ0n) is 11.9. The molecule has 2 nitrogen and oxygen atoms in total. The predicted octanol–water partition coefficient (Wildman–Crippen LogP) is 4.11. The van der Waals surface area contributed by atoms with Crippen LogP contribution in [0.1, 0.15) is 30.5 Å². The van der Waals surface area contributed by atoms with Gasteiger partial charge in [0.05, 0.1) is 6.04 Å². The van der Waals surface area contributed by atoms with Gasteiger partial charge in [-0.2, -0.15) is 0 Å². The van der Waals surface area contributed by atoms with Gasteiger partial charge in [0.2, 0.25) is 5.91 Å². The molecule has 0 saturated heterocycles. The third-order valence-corrected chi connectivity index (χ3v) is 3.22. The molecule has 21 heavy (non-hydrogen) atoms. The molecule has 0 fully saturated rings. The number of rotatable bonds is 5. The molecule has 3 heteroatoms. The summed E-state index contributed by atoms with van der Waals surface area (Å²) in [6.07, 6.45) is 3.96. The van der Waals surface area contributed by atoms with E-state index in [2.05, 4.69) is 5.32 Å². The van der Waals surface area contributed by atoms with Crippen molar-refractivity contribution in [3.63, 3.8) is 0 Å². The smallest absolute Gasteiger partial charge is 0.244 e. The van der Waals surface area contributed by atoms with Crippen molar-refractivity contribution in [2.24, 2.45) is 0 Å². The summed E-state index contributed by atoms with van der Waals surface area (Å²) in [5.41, 5.74) is 1.88. The topological polar surface area (TPSA) is 29.1 Å². The van der Waals surface area contributed by atoms with E-state index in [-0.39, 0.29) is 17.8 Å². The minimum Gasteiger partial charge on any atom is -0.346 e. The normalized spacial score (nSPS) is 12.3. The average Bonchev–Trinajstić information content (AvgIpc) is 2.53. The van der Waals surface area contributed by atoms with Gasteiger partial charge in [0.15, 0.2) is 0 Å². The summed E-state index contributed by atoms with van der Waals surface area (Å²) >= 11 is 0. The molecule has 1 amide bonds. The lowest BCUT2D eigenvalue weighted by Gasteiger charge is -2.16. The highest BCUT2D eigenvalue weighted by atomic mass is 19.1. The van der Waals surface area contributed by atoms with Crippen molar-refractivity contribution in [2.45, 2.75) is 19.4 Å². The van der Waals surface area contributed by atoms with E-state index >= 15 is 0 Å². The molecule has 2 aromatic rings. The number of carbonyl (C=O) groups excluding carboxylic acids is 1. The van der Waals surface area contributed by atoms with E-state index in [1.54, 1.807) is 18.2 Å². The Bertz CT molecular complexity index is 605. The lowest BCUT2D eigenvalue weighted by atomic mass is 10.0. The largest absolute Gasteiger partial charge is 0.346 e. The van der Waals surface area contributed by atoms with Crippen molar-refractivity contribution in [2.75, 3.05) is 0 Å². The van der Waals surface area contributed by atoms with Crippen molar-refractivity contribution < 1.29 is 9.18 Å². The highest BCUT2D eigenvalue weighted by molar-refractivity contribution is 5.91. The summed E-state index contributed by atoms with van der Waals surface area (Å²) in [6, 6.07) is 15.9. The maximum absolute atomic E-state index is 12.8. The van der Waals surface area contributed by atoms with Crippen LogP contribution in [-0.4, -0.2) is 5.91 Å². The van der Waals surface area contributed by atoms with Crippen LogP contribution >= 0.6 is 0 Å². The van der Waals surface area contributed by atoms with Gasteiger partial charge in [0.25, 0.3) is 0 Å². The van der Waals surface area contributed by atoms with E-state index in [1.165, 1.54) is 18.2 Å². The number of halogens is 1. The van der Waals surface area contributed by atoms with Gasteiger partial charge in [-0.25, -0.2) is 4.39 Å². The van der Waals surface area contributed by atoms with Crippen molar-refractivity contribution >= 4 is 12.0 Å². The number of hydrogen-bond donors (Lipinski definition) is 1. The first-order chi connectivity index (χ1) is 10.2. The molecular weight excluding hydrogens is 265 g/mol. The van der Waals surface area contributed by atoms with E-state index in [9.17, 15) is 9.18 Å². The second-order valence-corrected chi connectivity index (χ2v) is 4.76. The number of nitrogens with one attached hydrogen (secondary N) is 1. The molecule has 2 aromatic carbocycles. The summed E-state index contributed by atoms with van der Waals surface area (Å²) in [4.78, 5) is 12.0. The van der Waals surface area contributed by atoms with Gasteiger partial charge >= 0.3 is 0 Å². The molecule has 1 N–H and O–H groups in total. The minimum absolute atomic E-state index is 0.00318. The van der Waals surface area contributed by atoms with Crippen LogP contribution in [0.25, 0.3) is 6.08 Å². The van der Waals surface area contributed by atoms with Crippen molar-refractivity contribution in [1.29, 1.82) is 0 Å². The van der Waals surface area contributed by atoms with E-state index in [0.717, 1.165) is 17.5 Å². The molecular formula is C18H18FNO. The Kier molecular flexibility index (Phi) is 5.27. The maximum atomic E-state index is 12.8. The molecule has 0 bridgehead atoms. The van der Waals surface area contributed by atoms with E-state index < -0.39 is 0 Å². The highest BCUT2D eigenvalue weighted by Crippen LogP contribution is 2.15. The first-order valence-corrected chi connectivity index (χ1v) is 6.98. The van der Waals surface area contributed by atoms with Gasteiger partial charge in [-0.05, 0) is 35.8 Å². The van der Waals surface area contributed by atoms with Crippen LogP contribution in [0, 0.1) is 5.82 Å². The SMILES string of the molecule is CCC(NC(=O)/C=C/c1ccc(F)cc1)c1ccccc1. The first kappa shape index (κ1) is 15.0. The molecule has 1 atom stereocenters. The average molecular weight is 283 g/mol. The molecule has 0 saturated carbocycles. The van der Waals surface area contributed by atoms with Gasteiger partial charge < -0.3 is 5.32 Å². The zero-order valence-corrected chi connectivity index (χ0v) is 11.9. The lowest BCUT2D eigenvalue weighted by Crippen LogP contribution is -2.26. The molecule has 0 aliphatic rings. The van der Waals surface area contributed by atoms with Crippen LogP contribution in [0.4, 0.5) is 4.39 Å². The third-order valence-electron chi connectivity index (χ3n) is 3.22. The monoisotopic (exact) mass is 283 g/mol. The summed E-state index contributed by atoms with van der Waals surface area (Å²) in [7, 11) is 0. The summed E-state index contributed by atoms with van der Waals surface area (Å²) in [6.45, 7) is 2.03. The molecule has 1 unspecified atom stereocenters. The summed E-state index contributed by atoms with van der Waals surface area (Å²) in [5, 5.41) is 2.96. The van der Waals surface area contributed by atoms with Gasteiger partial charge in [-0.3, -0.25) is 4.79 Å². The van der Waals surface area contributed by atoms with E-state index in [4.69, 9.17) is 0 Å². The number of amides is 1. The third kappa shape index (κ3) is 4.56. The quantitative estimate of drug-likeness (QED) is 0.822. The molecule has 108 valence electrons. The Morgan fingerprint density at radius 3 is 2.43 bits per heavy atom. The van der Waals surface area contributed by atoms with Crippen LogP contribution in [0.5, 0.6) is 0 Å². The maximum Gasteiger partial charge on any atom is 0.244 e. The van der Waals surface area contributed by atoms with Gasteiger partial charge in [0, 0.05) is 6.08 Å². The first-order valence-electron chi connectivity index (χ1n) is 6.98. The fourth-order valence-corrected chi connectivity index (χ4v) is 2.07. The molecule has 0 radical (unpaired) electrons. The molecule has 2 rings (SSSR count). The molecule has 0 aliphatic heterocycles. The van der Waals surface area contributed by atoms with Gasteiger partial charge in [0.1, 0.15) is 5.82 Å². The van der Waals surface area contributed by atoms with Crippen LogP contribution in [0.3, 0.4) is 0 Å². The van der Waals surface area contributed by atoms with Crippen LogP contribution in [0.2, 0.25) is 0 Å². The van der Waals surface area contributed by atoms with E-state index in [0.29, 0.717) is 0 Å². The fourth-order valence-electron chi connectivity index (χ4n) is 2.07. The second-order valence-electron chi connectivity index (χ2n) is 4.76. The van der Waals surface area contributed by atoms with Crippen LogP contribution < -0.4 is 5.32 Å². The second kappa shape index (κ2) is 7.39. The number of hydrogen-bond acceptors (Lipinski definition) is 1. The standard InChI is InChI=1S/C18H18FNO/c1-2-17(15-6-4-3-5-7-15)20-18(21)13-10-14-8-11-16(19)12-9-14/h3-13,17H,2H2,1H3,(H,20,21)/b13-10+. The van der Waals surface area contributed by atoms with Crippen molar-refractivity contribution in [3.05, 3.63) is 77.6 Å². The minimum atomic E-state index is -0.285. The van der Waals surface area contributed by atoms with Gasteiger partial charge in [-0.15, -0.1) is 0 Å². The van der Waals surface area contributed by atoms with E-state index in [1.807, 2.05) is 37.3 Å². The zero-order chi connectivity index (χ0) is 15.1. The molecule has 0 heterocycles.